The summed E-state index contributed by atoms with van der Waals surface area (Å²) >= 11 is 1.41. The zero-order valence-electron chi connectivity index (χ0n) is 17.4. The van der Waals surface area contributed by atoms with Crippen LogP contribution in [0.4, 0.5) is 5.95 Å². The lowest BCUT2D eigenvalue weighted by Crippen LogP contribution is -2.42. The van der Waals surface area contributed by atoms with E-state index < -0.39 is 6.04 Å². The molecule has 2 fully saturated rings. The summed E-state index contributed by atoms with van der Waals surface area (Å²) in [6, 6.07) is 9.70. The number of nitrogens with one attached hydrogen (secondary N) is 1. The average Bonchev–Trinajstić information content (AvgIpc) is 3.52. The first-order chi connectivity index (χ1) is 14.6. The lowest BCUT2D eigenvalue weighted by Gasteiger charge is -2.27. The minimum atomic E-state index is -0.509. The van der Waals surface area contributed by atoms with E-state index in [-0.39, 0.29) is 17.4 Å². The molecule has 160 valence electrons. The van der Waals surface area contributed by atoms with Gasteiger partial charge in [0.05, 0.1) is 11.8 Å². The predicted molar refractivity (Wildman–Crippen MR) is 118 cm³/mol. The van der Waals surface area contributed by atoms with Crippen LogP contribution in [0.5, 0.6) is 0 Å². The van der Waals surface area contributed by atoms with Gasteiger partial charge in [-0.1, -0.05) is 42.1 Å². The van der Waals surface area contributed by atoms with Crippen LogP contribution in [0.3, 0.4) is 0 Å². The molecular weight excluding hydrogens is 398 g/mol. The van der Waals surface area contributed by atoms with Crippen molar-refractivity contribution in [3.05, 3.63) is 35.9 Å². The molecule has 1 unspecified atom stereocenters. The Hall–Kier alpha value is -2.35. The lowest BCUT2D eigenvalue weighted by atomic mass is 10.0. The first kappa shape index (κ1) is 20.9. The Kier molecular flexibility index (Phi) is 6.72. The summed E-state index contributed by atoms with van der Waals surface area (Å²) in [7, 11) is 0. The molecule has 2 aromatic rings. The average molecular weight is 428 g/mol. The van der Waals surface area contributed by atoms with E-state index >= 15 is 0 Å². The van der Waals surface area contributed by atoms with Crippen LogP contribution < -0.4 is 10.2 Å². The zero-order valence-corrected chi connectivity index (χ0v) is 18.2. The molecule has 1 aromatic heterocycles. The largest absolute Gasteiger partial charge is 0.345 e. The summed E-state index contributed by atoms with van der Waals surface area (Å²) in [5, 5.41) is 12.5. The van der Waals surface area contributed by atoms with Crippen molar-refractivity contribution in [2.75, 3.05) is 23.7 Å². The number of anilines is 1. The second-order valence-electron chi connectivity index (χ2n) is 8.14. The fraction of sp³-hybridized carbons (Fsp3) is 0.545. The van der Waals surface area contributed by atoms with Crippen LogP contribution in [0.25, 0.3) is 0 Å². The molecule has 2 aliphatic rings. The zero-order chi connectivity index (χ0) is 20.9. The highest BCUT2D eigenvalue weighted by atomic mass is 32.2. The number of nitrogens with zero attached hydrogens (tertiary/aromatic N) is 4. The van der Waals surface area contributed by atoms with Gasteiger partial charge in [-0.2, -0.15) is 0 Å². The summed E-state index contributed by atoms with van der Waals surface area (Å²) in [5.74, 6) is 0.987. The summed E-state index contributed by atoms with van der Waals surface area (Å²) in [5.41, 5.74) is 1.03. The number of Topliss-reactive ketones (excluding diaryl/α,β-unsaturated/α-hetero) is 1. The molecule has 7 nitrogen and oxygen atoms in total. The number of carbonyl (C=O) groups excluding carboxylic acids is 2. The van der Waals surface area contributed by atoms with Crippen LogP contribution in [0, 0.1) is 0 Å². The topological polar surface area (TPSA) is 80.1 Å². The molecule has 1 saturated heterocycles. The third kappa shape index (κ3) is 5.22. The third-order valence-electron chi connectivity index (χ3n) is 5.64. The fourth-order valence-corrected chi connectivity index (χ4v) is 4.65. The highest BCUT2D eigenvalue weighted by Gasteiger charge is 2.32. The highest BCUT2D eigenvalue weighted by molar-refractivity contribution is 7.99. The van der Waals surface area contributed by atoms with Crippen molar-refractivity contribution >= 4 is 29.4 Å². The number of carbonyl (C=O) groups is 2. The van der Waals surface area contributed by atoms with Crippen LogP contribution in [-0.2, 0) is 16.0 Å². The first-order valence-corrected chi connectivity index (χ1v) is 11.8. The van der Waals surface area contributed by atoms with Gasteiger partial charge >= 0.3 is 0 Å². The van der Waals surface area contributed by atoms with Gasteiger partial charge in [0.25, 0.3) is 0 Å². The molecule has 30 heavy (non-hydrogen) atoms. The molecule has 2 heterocycles. The van der Waals surface area contributed by atoms with Crippen molar-refractivity contribution in [2.24, 2.45) is 0 Å². The SMILES string of the molecule is CC(=O)C(Cc1ccccc1)NC(=O)CSc1nnc(N2CCCCC2)n1C1CC1. The number of amides is 1. The van der Waals surface area contributed by atoms with Gasteiger partial charge in [-0.3, -0.25) is 14.2 Å². The summed E-state index contributed by atoms with van der Waals surface area (Å²) in [6.45, 7) is 3.57. The van der Waals surface area contributed by atoms with Crippen molar-refractivity contribution in [3.8, 4) is 0 Å². The maximum Gasteiger partial charge on any atom is 0.231 e. The lowest BCUT2D eigenvalue weighted by molar-refractivity contribution is -0.125. The van der Waals surface area contributed by atoms with Gasteiger partial charge in [-0.15, -0.1) is 10.2 Å². The molecule has 8 heteroatoms. The number of thioether (sulfide) groups is 1. The minimum absolute atomic E-state index is 0.0364. The van der Waals surface area contributed by atoms with Gasteiger partial charge in [-0.25, -0.2) is 0 Å². The molecular formula is C22H29N5O2S. The molecule has 1 aliphatic heterocycles. The van der Waals surface area contributed by atoms with Gasteiger partial charge in [0, 0.05) is 19.1 Å². The fourth-order valence-electron chi connectivity index (χ4n) is 3.84. The Morgan fingerprint density at radius 2 is 1.87 bits per heavy atom. The number of piperidine rings is 1. The van der Waals surface area contributed by atoms with Crippen LogP contribution in [-0.4, -0.2) is 51.3 Å². The molecule has 1 atom stereocenters. The molecule has 1 amide bonds. The molecule has 0 radical (unpaired) electrons. The highest BCUT2D eigenvalue weighted by Crippen LogP contribution is 2.41. The van der Waals surface area contributed by atoms with E-state index in [1.165, 1.54) is 37.9 Å². The van der Waals surface area contributed by atoms with Gasteiger partial charge in [0.15, 0.2) is 10.9 Å². The number of rotatable bonds is 9. The van der Waals surface area contributed by atoms with E-state index in [4.69, 9.17) is 0 Å². The smallest absolute Gasteiger partial charge is 0.231 e. The molecule has 1 saturated carbocycles. The molecule has 0 bridgehead atoms. The van der Waals surface area contributed by atoms with Crippen LogP contribution >= 0.6 is 11.8 Å². The minimum Gasteiger partial charge on any atom is -0.345 e. The Morgan fingerprint density at radius 1 is 1.13 bits per heavy atom. The van der Waals surface area contributed by atoms with Gasteiger partial charge in [0.2, 0.25) is 11.9 Å². The van der Waals surface area contributed by atoms with Gasteiger partial charge in [-0.05, 0) is 51.0 Å². The van der Waals surface area contributed by atoms with Crippen molar-refractivity contribution in [3.63, 3.8) is 0 Å². The van der Waals surface area contributed by atoms with Crippen molar-refractivity contribution in [1.29, 1.82) is 0 Å². The first-order valence-electron chi connectivity index (χ1n) is 10.8. The van der Waals surface area contributed by atoms with E-state index in [1.54, 1.807) is 0 Å². The summed E-state index contributed by atoms with van der Waals surface area (Å²) in [4.78, 5) is 26.9. The third-order valence-corrected chi connectivity index (χ3v) is 6.58. The van der Waals surface area contributed by atoms with Crippen molar-refractivity contribution < 1.29 is 9.59 Å². The van der Waals surface area contributed by atoms with Gasteiger partial charge in [0.1, 0.15) is 0 Å². The van der Waals surface area contributed by atoms with Crippen molar-refractivity contribution in [1.82, 2.24) is 20.1 Å². The normalized spacial score (nSPS) is 17.6. The number of hydrogen-bond acceptors (Lipinski definition) is 6. The van der Waals surface area contributed by atoms with Crippen LogP contribution in [0.15, 0.2) is 35.5 Å². The second-order valence-corrected chi connectivity index (χ2v) is 9.08. The maximum atomic E-state index is 12.6. The predicted octanol–water partition coefficient (Wildman–Crippen LogP) is 3.01. The number of hydrogen-bond donors (Lipinski definition) is 1. The summed E-state index contributed by atoms with van der Waals surface area (Å²) in [6.07, 6.45) is 6.44. The van der Waals surface area contributed by atoms with E-state index in [2.05, 4.69) is 25.0 Å². The molecule has 1 N–H and O–H groups in total. The van der Waals surface area contributed by atoms with E-state index in [1.807, 2.05) is 30.3 Å². The summed E-state index contributed by atoms with van der Waals surface area (Å²) < 4.78 is 2.22. The Morgan fingerprint density at radius 3 is 2.53 bits per heavy atom. The number of benzene rings is 1. The maximum absolute atomic E-state index is 12.6. The van der Waals surface area contributed by atoms with Gasteiger partial charge < -0.3 is 10.2 Å². The Labute approximate surface area is 181 Å². The van der Waals surface area contributed by atoms with E-state index in [0.29, 0.717) is 12.5 Å². The van der Waals surface area contributed by atoms with E-state index in [0.717, 1.165) is 42.6 Å². The molecule has 1 aromatic carbocycles. The Balaban J connectivity index is 1.37. The van der Waals surface area contributed by atoms with Crippen LogP contribution in [0.2, 0.25) is 0 Å². The second kappa shape index (κ2) is 9.64. The standard InChI is InChI=1S/C22H29N5O2S/c1-16(28)19(14-17-8-4-2-5-9-17)23-20(29)15-30-22-25-24-21(27(22)18-10-11-18)26-12-6-3-7-13-26/h2,4-5,8-9,18-19H,3,6-7,10-15H2,1H3,(H,23,29). The quantitative estimate of drug-likeness (QED) is 0.620. The monoisotopic (exact) mass is 427 g/mol. The van der Waals surface area contributed by atoms with E-state index in [9.17, 15) is 9.59 Å². The molecule has 0 spiro atoms. The number of aromatic nitrogens is 3. The Bertz CT molecular complexity index is 875. The van der Waals surface area contributed by atoms with Crippen molar-refractivity contribution in [2.45, 2.75) is 62.7 Å². The molecule has 4 rings (SSSR count). The molecule has 1 aliphatic carbocycles. The van der Waals surface area contributed by atoms with Crippen LogP contribution in [0.1, 0.15) is 50.6 Å². The number of ketones is 1.